The lowest BCUT2D eigenvalue weighted by Gasteiger charge is -2.04. The summed E-state index contributed by atoms with van der Waals surface area (Å²) < 4.78 is 1.23. The van der Waals surface area contributed by atoms with Gasteiger partial charge in [-0.15, -0.1) is 11.8 Å². The van der Waals surface area contributed by atoms with Gasteiger partial charge < -0.3 is 5.11 Å². The van der Waals surface area contributed by atoms with Crippen molar-refractivity contribution in [2.75, 3.05) is 6.26 Å². The molecular weight excluding hydrogens is 228 g/mol. The van der Waals surface area contributed by atoms with Crippen LogP contribution < -0.4 is 5.56 Å². The number of carboxylic acid groups (broad SMARTS) is 1. The molecule has 0 aliphatic heterocycles. The zero-order valence-electron chi connectivity index (χ0n) is 8.38. The molecule has 2 rings (SSSR count). The molecule has 0 aromatic carbocycles. The number of thioether (sulfide) groups is 1. The van der Waals surface area contributed by atoms with Gasteiger partial charge in [-0.25, -0.2) is 9.78 Å². The third kappa shape index (κ3) is 1.57. The summed E-state index contributed by atoms with van der Waals surface area (Å²) in [6.45, 7) is 0. The smallest absolute Gasteiger partial charge is 0.344 e. The second-order valence-electron chi connectivity index (χ2n) is 3.04. The summed E-state index contributed by atoms with van der Waals surface area (Å²) in [5.41, 5.74) is -0.388. The summed E-state index contributed by atoms with van der Waals surface area (Å²) in [6, 6.07) is 5.06. The molecule has 2 heterocycles. The number of rotatable bonds is 2. The zero-order valence-corrected chi connectivity index (χ0v) is 9.19. The van der Waals surface area contributed by atoms with Crippen molar-refractivity contribution in [3.8, 4) is 0 Å². The standard InChI is InChI=1S/C10H8N2O3S/c1-16-8-7(10(14)15)9(13)12-5-3-2-4-6(12)11-8/h2-5H,1H3,(H,14,15). The van der Waals surface area contributed by atoms with E-state index in [9.17, 15) is 9.59 Å². The third-order valence-corrected chi connectivity index (χ3v) is 2.79. The number of nitrogens with zero attached hydrogens (tertiary/aromatic N) is 2. The molecule has 0 unspecified atom stereocenters. The second-order valence-corrected chi connectivity index (χ2v) is 3.83. The van der Waals surface area contributed by atoms with Gasteiger partial charge in [0.05, 0.1) is 0 Å². The molecule has 0 aliphatic carbocycles. The summed E-state index contributed by atoms with van der Waals surface area (Å²) in [5.74, 6) is -1.25. The van der Waals surface area contributed by atoms with Gasteiger partial charge in [-0.3, -0.25) is 9.20 Å². The van der Waals surface area contributed by atoms with Crippen molar-refractivity contribution in [1.82, 2.24) is 9.38 Å². The first-order chi connectivity index (χ1) is 7.65. The van der Waals surface area contributed by atoms with E-state index in [1.54, 1.807) is 24.5 Å². The van der Waals surface area contributed by atoms with Crippen LogP contribution in [-0.4, -0.2) is 26.7 Å². The van der Waals surface area contributed by atoms with Gasteiger partial charge in [0.15, 0.2) is 5.56 Å². The minimum Gasteiger partial charge on any atom is -0.477 e. The van der Waals surface area contributed by atoms with Gasteiger partial charge in [0.25, 0.3) is 5.56 Å². The fourth-order valence-electron chi connectivity index (χ4n) is 1.40. The maximum Gasteiger partial charge on any atom is 0.344 e. The SMILES string of the molecule is CSc1nc2ccccn2c(=O)c1C(=O)O. The fourth-order valence-corrected chi connectivity index (χ4v) is 1.96. The molecule has 0 fully saturated rings. The van der Waals surface area contributed by atoms with Gasteiger partial charge in [0, 0.05) is 6.20 Å². The van der Waals surface area contributed by atoms with E-state index in [-0.39, 0.29) is 10.6 Å². The topological polar surface area (TPSA) is 71.7 Å². The predicted octanol–water partition coefficient (Wildman–Crippen LogP) is 1.11. The molecule has 5 nitrogen and oxygen atoms in total. The average molecular weight is 236 g/mol. The summed E-state index contributed by atoms with van der Waals surface area (Å²) in [6.07, 6.45) is 3.19. The number of carbonyl (C=O) groups is 1. The average Bonchev–Trinajstić information content (AvgIpc) is 2.28. The Balaban J connectivity index is 2.94. The second kappa shape index (κ2) is 3.97. The molecule has 0 saturated heterocycles. The Morgan fingerprint density at radius 3 is 2.88 bits per heavy atom. The Morgan fingerprint density at radius 2 is 2.25 bits per heavy atom. The van der Waals surface area contributed by atoms with Gasteiger partial charge >= 0.3 is 5.97 Å². The van der Waals surface area contributed by atoms with E-state index < -0.39 is 11.5 Å². The fraction of sp³-hybridized carbons (Fsp3) is 0.100. The Kier molecular flexibility index (Phi) is 2.66. The normalized spacial score (nSPS) is 10.6. The number of aromatic nitrogens is 2. The molecule has 16 heavy (non-hydrogen) atoms. The number of hydrogen-bond donors (Lipinski definition) is 1. The molecule has 2 aromatic rings. The number of aromatic carboxylic acids is 1. The van der Waals surface area contributed by atoms with E-state index in [1.165, 1.54) is 10.6 Å². The first-order valence-corrected chi connectivity index (χ1v) is 5.66. The molecule has 0 atom stereocenters. The molecule has 0 aliphatic rings. The molecule has 0 amide bonds. The minimum absolute atomic E-state index is 0.240. The molecule has 82 valence electrons. The summed E-state index contributed by atoms with van der Waals surface area (Å²) in [4.78, 5) is 27.0. The predicted molar refractivity (Wildman–Crippen MR) is 60.2 cm³/mol. The molecule has 0 spiro atoms. The van der Waals surface area contributed by atoms with Crippen molar-refractivity contribution in [2.24, 2.45) is 0 Å². The maximum absolute atomic E-state index is 11.9. The summed E-state index contributed by atoms with van der Waals surface area (Å²) in [5, 5.41) is 9.21. The Bertz CT molecular complexity index is 621. The summed E-state index contributed by atoms with van der Waals surface area (Å²) in [7, 11) is 0. The Labute approximate surface area is 94.7 Å². The lowest BCUT2D eigenvalue weighted by atomic mass is 10.3. The maximum atomic E-state index is 11.9. The van der Waals surface area contributed by atoms with Crippen LogP contribution in [0.15, 0.2) is 34.2 Å². The Morgan fingerprint density at radius 1 is 1.50 bits per heavy atom. The van der Waals surface area contributed by atoms with Crippen LogP contribution in [0.4, 0.5) is 0 Å². The van der Waals surface area contributed by atoms with Crippen LogP contribution in [0.1, 0.15) is 10.4 Å². The van der Waals surface area contributed by atoms with Gasteiger partial charge in [-0.05, 0) is 18.4 Å². The number of carboxylic acids is 1. The molecule has 1 N–H and O–H groups in total. The molecule has 6 heteroatoms. The van der Waals surface area contributed by atoms with Crippen LogP contribution in [-0.2, 0) is 0 Å². The monoisotopic (exact) mass is 236 g/mol. The van der Waals surface area contributed by atoms with Crippen molar-refractivity contribution in [3.63, 3.8) is 0 Å². The van der Waals surface area contributed by atoms with Crippen LogP contribution >= 0.6 is 11.8 Å². The quantitative estimate of drug-likeness (QED) is 0.624. The minimum atomic E-state index is -1.25. The van der Waals surface area contributed by atoms with Crippen LogP contribution in [0.25, 0.3) is 5.65 Å². The zero-order chi connectivity index (χ0) is 11.7. The summed E-state index contributed by atoms with van der Waals surface area (Å²) >= 11 is 1.15. The van der Waals surface area contributed by atoms with E-state index in [0.29, 0.717) is 5.65 Å². The van der Waals surface area contributed by atoms with Crippen molar-refractivity contribution >= 4 is 23.4 Å². The van der Waals surface area contributed by atoms with Crippen molar-refractivity contribution in [1.29, 1.82) is 0 Å². The van der Waals surface area contributed by atoms with Gasteiger partial charge in [-0.2, -0.15) is 0 Å². The first-order valence-electron chi connectivity index (χ1n) is 4.44. The van der Waals surface area contributed by atoms with Crippen molar-refractivity contribution < 1.29 is 9.90 Å². The first kappa shape index (κ1) is 10.7. The van der Waals surface area contributed by atoms with E-state index in [4.69, 9.17) is 5.11 Å². The van der Waals surface area contributed by atoms with Crippen LogP contribution in [0.2, 0.25) is 0 Å². The van der Waals surface area contributed by atoms with E-state index >= 15 is 0 Å². The highest BCUT2D eigenvalue weighted by Gasteiger charge is 2.18. The van der Waals surface area contributed by atoms with Crippen molar-refractivity contribution in [2.45, 2.75) is 5.03 Å². The van der Waals surface area contributed by atoms with E-state index in [0.717, 1.165) is 11.8 Å². The molecular formula is C10H8N2O3S. The van der Waals surface area contributed by atoms with Gasteiger partial charge in [-0.1, -0.05) is 6.07 Å². The Hall–Kier alpha value is -1.82. The van der Waals surface area contributed by atoms with E-state index in [1.807, 2.05) is 0 Å². The molecule has 0 radical (unpaired) electrons. The largest absolute Gasteiger partial charge is 0.477 e. The molecule has 2 aromatic heterocycles. The highest BCUT2D eigenvalue weighted by atomic mass is 32.2. The highest BCUT2D eigenvalue weighted by Crippen LogP contribution is 2.15. The van der Waals surface area contributed by atoms with Crippen LogP contribution in [0.3, 0.4) is 0 Å². The van der Waals surface area contributed by atoms with E-state index in [2.05, 4.69) is 4.98 Å². The lowest BCUT2D eigenvalue weighted by molar-refractivity contribution is 0.0690. The third-order valence-electron chi connectivity index (χ3n) is 2.11. The van der Waals surface area contributed by atoms with Crippen LogP contribution in [0, 0.1) is 0 Å². The number of hydrogen-bond acceptors (Lipinski definition) is 4. The van der Waals surface area contributed by atoms with Gasteiger partial charge in [0.2, 0.25) is 0 Å². The van der Waals surface area contributed by atoms with Crippen molar-refractivity contribution in [3.05, 3.63) is 40.3 Å². The highest BCUT2D eigenvalue weighted by molar-refractivity contribution is 7.98. The number of pyridine rings is 1. The lowest BCUT2D eigenvalue weighted by Crippen LogP contribution is -2.24. The van der Waals surface area contributed by atoms with Crippen LogP contribution in [0.5, 0.6) is 0 Å². The molecule has 0 bridgehead atoms. The number of fused-ring (bicyclic) bond motifs is 1. The molecule has 0 saturated carbocycles. The van der Waals surface area contributed by atoms with Gasteiger partial charge in [0.1, 0.15) is 10.7 Å².